The molecule has 3 rings (SSSR count). The molecule has 2 aromatic rings. The number of nitrogens with zero attached hydrogens (tertiary/aromatic N) is 5. The number of carbonyl (C=O) groups is 1. The van der Waals surface area contributed by atoms with Crippen LogP contribution < -0.4 is 5.32 Å². The summed E-state index contributed by atoms with van der Waals surface area (Å²) in [6, 6.07) is 4.03. The Morgan fingerprint density at radius 2 is 2.29 bits per heavy atom. The minimum absolute atomic E-state index is 0.0348. The molecule has 1 amide bonds. The van der Waals surface area contributed by atoms with Crippen molar-refractivity contribution in [1.29, 1.82) is 0 Å². The van der Waals surface area contributed by atoms with Crippen LogP contribution >= 0.6 is 11.8 Å². The van der Waals surface area contributed by atoms with Crippen molar-refractivity contribution in [3.8, 4) is 5.69 Å². The smallest absolute Gasteiger partial charge is 0.230 e. The lowest BCUT2D eigenvalue weighted by Gasteiger charge is -2.11. The Morgan fingerprint density at radius 3 is 3.05 bits per heavy atom. The van der Waals surface area contributed by atoms with Crippen LogP contribution in [0.5, 0.6) is 0 Å². The predicted molar refractivity (Wildman–Crippen MR) is 78.1 cm³/mol. The molecule has 0 radical (unpaired) electrons. The number of tetrazole rings is 1. The molecule has 110 valence electrons. The van der Waals surface area contributed by atoms with Crippen LogP contribution in [0, 0.1) is 0 Å². The zero-order chi connectivity index (χ0) is 14.5. The van der Waals surface area contributed by atoms with Crippen molar-refractivity contribution in [2.24, 2.45) is 0 Å². The Kier molecular flexibility index (Phi) is 4.44. The Labute approximate surface area is 126 Å². The number of pyridine rings is 1. The molecule has 1 N–H and O–H groups in total. The van der Waals surface area contributed by atoms with Crippen LogP contribution in [0.25, 0.3) is 5.69 Å². The van der Waals surface area contributed by atoms with Gasteiger partial charge in [-0.2, -0.15) is 4.68 Å². The number of hydrogen-bond donors (Lipinski definition) is 1. The van der Waals surface area contributed by atoms with E-state index in [0.717, 1.165) is 18.5 Å². The quantitative estimate of drug-likeness (QED) is 0.836. The fourth-order valence-electron chi connectivity index (χ4n) is 2.38. The number of hydrogen-bond acceptors (Lipinski definition) is 6. The van der Waals surface area contributed by atoms with Gasteiger partial charge in [-0.05, 0) is 35.4 Å². The number of amides is 1. The number of rotatable bonds is 5. The summed E-state index contributed by atoms with van der Waals surface area (Å²) in [4.78, 5) is 16.0. The molecule has 1 saturated carbocycles. The van der Waals surface area contributed by atoms with E-state index >= 15 is 0 Å². The largest absolute Gasteiger partial charge is 0.353 e. The average Bonchev–Trinajstić information content (AvgIpc) is 3.17. The second-order valence-electron chi connectivity index (χ2n) is 4.92. The highest BCUT2D eigenvalue weighted by Crippen LogP contribution is 2.19. The van der Waals surface area contributed by atoms with E-state index in [1.807, 2.05) is 12.1 Å². The van der Waals surface area contributed by atoms with Crippen LogP contribution in [-0.2, 0) is 4.79 Å². The lowest BCUT2D eigenvalue weighted by molar-refractivity contribution is -0.119. The van der Waals surface area contributed by atoms with E-state index in [1.165, 1.54) is 24.6 Å². The van der Waals surface area contributed by atoms with Gasteiger partial charge in [-0.3, -0.25) is 9.78 Å². The Hall–Kier alpha value is -1.96. The molecule has 1 aliphatic rings. The first-order valence-electron chi connectivity index (χ1n) is 6.94. The van der Waals surface area contributed by atoms with Crippen LogP contribution in [0.3, 0.4) is 0 Å². The topological polar surface area (TPSA) is 85.6 Å². The van der Waals surface area contributed by atoms with Gasteiger partial charge in [0.25, 0.3) is 0 Å². The van der Waals surface area contributed by atoms with E-state index in [4.69, 9.17) is 0 Å². The Balaban J connectivity index is 1.58. The maximum absolute atomic E-state index is 11.9. The molecule has 2 aromatic heterocycles. The van der Waals surface area contributed by atoms with Gasteiger partial charge < -0.3 is 5.32 Å². The van der Waals surface area contributed by atoms with Crippen LogP contribution in [0.15, 0.2) is 29.7 Å². The molecule has 8 heteroatoms. The molecule has 0 unspecified atom stereocenters. The maximum Gasteiger partial charge on any atom is 0.230 e. The van der Waals surface area contributed by atoms with Crippen molar-refractivity contribution in [3.05, 3.63) is 24.5 Å². The third-order valence-corrected chi connectivity index (χ3v) is 4.30. The van der Waals surface area contributed by atoms with Gasteiger partial charge >= 0.3 is 0 Å². The molecule has 0 aliphatic heterocycles. The zero-order valence-corrected chi connectivity index (χ0v) is 12.3. The van der Waals surface area contributed by atoms with E-state index < -0.39 is 0 Å². The van der Waals surface area contributed by atoms with Gasteiger partial charge in [-0.25, -0.2) is 0 Å². The number of thioether (sulfide) groups is 1. The molecule has 0 aromatic carbocycles. The van der Waals surface area contributed by atoms with Crippen LogP contribution in [-0.4, -0.2) is 42.9 Å². The van der Waals surface area contributed by atoms with Gasteiger partial charge in [-0.15, -0.1) is 5.10 Å². The van der Waals surface area contributed by atoms with Crippen molar-refractivity contribution in [1.82, 2.24) is 30.5 Å². The monoisotopic (exact) mass is 304 g/mol. The molecule has 1 aliphatic carbocycles. The minimum Gasteiger partial charge on any atom is -0.353 e. The molecule has 0 spiro atoms. The van der Waals surface area contributed by atoms with Crippen molar-refractivity contribution in [3.63, 3.8) is 0 Å². The average molecular weight is 304 g/mol. The fourth-order valence-corrected chi connectivity index (χ4v) is 3.08. The third-order valence-electron chi connectivity index (χ3n) is 3.38. The van der Waals surface area contributed by atoms with E-state index in [-0.39, 0.29) is 5.91 Å². The summed E-state index contributed by atoms with van der Waals surface area (Å²) in [5.41, 5.74) is 0.779. The summed E-state index contributed by atoms with van der Waals surface area (Å²) < 4.78 is 1.58. The van der Waals surface area contributed by atoms with Crippen LogP contribution in [0.1, 0.15) is 25.7 Å². The normalized spacial score (nSPS) is 15.2. The Bertz CT molecular complexity index is 596. The minimum atomic E-state index is 0.0348. The van der Waals surface area contributed by atoms with Crippen molar-refractivity contribution in [2.45, 2.75) is 36.9 Å². The first kappa shape index (κ1) is 14.0. The lowest BCUT2D eigenvalue weighted by atomic mass is 10.2. The molecule has 7 nitrogen and oxygen atoms in total. The second-order valence-corrected chi connectivity index (χ2v) is 5.86. The molecule has 0 bridgehead atoms. The molecular formula is C13H16N6OS. The summed E-state index contributed by atoms with van der Waals surface area (Å²) in [7, 11) is 0. The standard InChI is InChI=1S/C13H16N6OS/c20-12(15-10-4-1-2-5-10)9-21-13-16-17-18-19(13)11-6-3-7-14-8-11/h3,6-8,10H,1-2,4-5,9H2,(H,15,20). The number of carbonyl (C=O) groups excluding carboxylic acids is 1. The first-order chi connectivity index (χ1) is 10.3. The van der Waals surface area contributed by atoms with Gasteiger partial charge in [0.2, 0.25) is 11.1 Å². The highest BCUT2D eigenvalue weighted by molar-refractivity contribution is 7.99. The molecule has 21 heavy (non-hydrogen) atoms. The first-order valence-corrected chi connectivity index (χ1v) is 7.92. The van der Waals surface area contributed by atoms with E-state index in [2.05, 4.69) is 25.8 Å². The summed E-state index contributed by atoms with van der Waals surface area (Å²) in [5.74, 6) is 0.351. The second kappa shape index (κ2) is 6.66. The van der Waals surface area contributed by atoms with Crippen molar-refractivity contribution < 1.29 is 4.79 Å². The van der Waals surface area contributed by atoms with Gasteiger partial charge in [-0.1, -0.05) is 24.6 Å². The highest BCUT2D eigenvalue weighted by Gasteiger charge is 2.18. The van der Waals surface area contributed by atoms with Crippen LogP contribution in [0.4, 0.5) is 0 Å². The maximum atomic E-state index is 11.9. The predicted octanol–water partition coefficient (Wildman–Crippen LogP) is 1.21. The lowest BCUT2D eigenvalue weighted by Crippen LogP contribution is -2.33. The number of nitrogens with one attached hydrogen (secondary N) is 1. The number of aromatic nitrogens is 5. The van der Waals surface area contributed by atoms with E-state index in [0.29, 0.717) is 17.0 Å². The Morgan fingerprint density at radius 1 is 1.43 bits per heavy atom. The van der Waals surface area contributed by atoms with E-state index in [1.54, 1.807) is 17.1 Å². The molecule has 1 fully saturated rings. The molecule has 0 atom stereocenters. The SMILES string of the molecule is O=C(CSc1nnnn1-c1cccnc1)NC1CCCC1. The van der Waals surface area contributed by atoms with E-state index in [9.17, 15) is 4.79 Å². The molecule has 0 saturated heterocycles. The summed E-state index contributed by atoms with van der Waals surface area (Å²) in [5, 5.41) is 15.2. The molecular weight excluding hydrogens is 288 g/mol. The highest BCUT2D eigenvalue weighted by atomic mass is 32.2. The van der Waals surface area contributed by atoms with Crippen molar-refractivity contribution >= 4 is 17.7 Å². The van der Waals surface area contributed by atoms with Crippen LogP contribution in [0.2, 0.25) is 0 Å². The van der Waals surface area contributed by atoms with Gasteiger partial charge in [0, 0.05) is 12.2 Å². The third kappa shape index (κ3) is 3.57. The summed E-state index contributed by atoms with van der Waals surface area (Å²) in [6.45, 7) is 0. The van der Waals surface area contributed by atoms with Gasteiger partial charge in [0.15, 0.2) is 0 Å². The van der Waals surface area contributed by atoms with Crippen molar-refractivity contribution in [2.75, 3.05) is 5.75 Å². The summed E-state index contributed by atoms with van der Waals surface area (Å²) in [6.07, 6.45) is 7.96. The zero-order valence-electron chi connectivity index (χ0n) is 11.5. The molecule has 2 heterocycles. The fraction of sp³-hybridized carbons (Fsp3) is 0.462. The van der Waals surface area contributed by atoms with Gasteiger partial charge in [0.05, 0.1) is 17.6 Å². The summed E-state index contributed by atoms with van der Waals surface area (Å²) >= 11 is 1.33. The van der Waals surface area contributed by atoms with Gasteiger partial charge in [0.1, 0.15) is 0 Å².